The highest BCUT2D eigenvalue weighted by Crippen LogP contribution is 2.23. The largest absolute Gasteiger partial charge is 0.422 e. The molecule has 1 amide bonds. The molecule has 1 aromatic heterocycles. The maximum absolute atomic E-state index is 12.3. The number of rotatable bonds is 3. The van der Waals surface area contributed by atoms with Crippen LogP contribution in [0.2, 0.25) is 0 Å². The Hall–Kier alpha value is -3.48. The van der Waals surface area contributed by atoms with Crippen LogP contribution in [0.3, 0.4) is 0 Å². The standard InChI is InChI=1S/C16H10N2O5/c19-15(17-12-6-2-3-7-13(12)18(21)22)11-9-10-5-1-4-8-14(10)23-16(11)20/h1-9H,(H,17,19). The number of nitrogens with one attached hydrogen (secondary N) is 1. The molecular formula is C16H10N2O5. The normalized spacial score (nSPS) is 10.4. The van der Waals surface area contributed by atoms with Gasteiger partial charge in [-0.1, -0.05) is 30.3 Å². The zero-order valence-corrected chi connectivity index (χ0v) is 11.7. The molecule has 7 heteroatoms. The molecule has 3 rings (SSSR count). The SMILES string of the molecule is O=C(Nc1ccccc1[N+](=O)[O-])c1cc2ccccc2oc1=O. The van der Waals surface area contributed by atoms with Crippen molar-refractivity contribution < 1.29 is 14.1 Å². The Morgan fingerprint density at radius 2 is 1.78 bits per heavy atom. The van der Waals surface area contributed by atoms with Crippen molar-refractivity contribution in [3.05, 3.63) is 80.7 Å². The van der Waals surface area contributed by atoms with Crippen molar-refractivity contribution in [3.63, 3.8) is 0 Å². The first-order valence-electron chi connectivity index (χ1n) is 6.64. The van der Waals surface area contributed by atoms with Crippen molar-refractivity contribution in [3.8, 4) is 0 Å². The van der Waals surface area contributed by atoms with Gasteiger partial charge in [0.2, 0.25) is 0 Å². The van der Waals surface area contributed by atoms with Gasteiger partial charge < -0.3 is 9.73 Å². The molecule has 2 aromatic carbocycles. The number of benzene rings is 2. The second-order valence-electron chi connectivity index (χ2n) is 4.71. The van der Waals surface area contributed by atoms with Crippen LogP contribution in [-0.2, 0) is 0 Å². The van der Waals surface area contributed by atoms with E-state index in [9.17, 15) is 19.7 Å². The number of nitrogens with zero attached hydrogens (tertiary/aromatic N) is 1. The topological polar surface area (TPSA) is 102 Å². The fourth-order valence-corrected chi connectivity index (χ4v) is 2.15. The number of anilines is 1. The number of hydrogen-bond acceptors (Lipinski definition) is 5. The summed E-state index contributed by atoms with van der Waals surface area (Å²) in [6, 6.07) is 13.8. The molecule has 114 valence electrons. The second-order valence-corrected chi connectivity index (χ2v) is 4.71. The lowest BCUT2D eigenvalue weighted by atomic mass is 10.1. The van der Waals surface area contributed by atoms with Crippen LogP contribution in [0.4, 0.5) is 11.4 Å². The van der Waals surface area contributed by atoms with Crippen LogP contribution < -0.4 is 10.9 Å². The Morgan fingerprint density at radius 3 is 2.57 bits per heavy atom. The van der Waals surface area contributed by atoms with E-state index in [1.54, 1.807) is 30.3 Å². The monoisotopic (exact) mass is 310 g/mol. The lowest BCUT2D eigenvalue weighted by molar-refractivity contribution is -0.383. The van der Waals surface area contributed by atoms with Gasteiger partial charge in [0.25, 0.3) is 11.6 Å². The smallest absolute Gasteiger partial charge is 0.349 e. The molecule has 7 nitrogen and oxygen atoms in total. The molecule has 23 heavy (non-hydrogen) atoms. The minimum Gasteiger partial charge on any atom is -0.422 e. The number of amides is 1. The molecule has 0 fully saturated rings. The molecule has 0 aliphatic rings. The maximum atomic E-state index is 12.3. The lowest BCUT2D eigenvalue weighted by Gasteiger charge is -2.05. The van der Waals surface area contributed by atoms with E-state index in [1.165, 1.54) is 24.3 Å². The average molecular weight is 310 g/mol. The molecule has 3 aromatic rings. The number of fused-ring (bicyclic) bond motifs is 1. The molecule has 0 atom stereocenters. The van der Waals surface area contributed by atoms with Gasteiger partial charge in [0, 0.05) is 11.5 Å². The summed E-state index contributed by atoms with van der Waals surface area (Å²) in [4.78, 5) is 34.5. The predicted octanol–water partition coefficient (Wildman–Crippen LogP) is 2.95. The van der Waals surface area contributed by atoms with Crippen molar-refractivity contribution in [2.45, 2.75) is 0 Å². The maximum Gasteiger partial charge on any atom is 0.349 e. The summed E-state index contributed by atoms with van der Waals surface area (Å²) in [6.45, 7) is 0. The van der Waals surface area contributed by atoms with Gasteiger partial charge in [-0.25, -0.2) is 4.79 Å². The van der Waals surface area contributed by atoms with Crippen LogP contribution >= 0.6 is 0 Å². The van der Waals surface area contributed by atoms with Gasteiger partial charge in [-0.2, -0.15) is 0 Å². The molecule has 0 saturated carbocycles. The van der Waals surface area contributed by atoms with Gasteiger partial charge in [-0.15, -0.1) is 0 Å². The van der Waals surface area contributed by atoms with Gasteiger partial charge in [0.05, 0.1) is 4.92 Å². The molecule has 0 aliphatic heterocycles. The summed E-state index contributed by atoms with van der Waals surface area (Å²) >= 11 is 0. The van der Waals surface area contributed by atoms with Crippen molar-refractivity contribution in [2.75, 3.05) is 5.32 Å². The number of carbonyl (C=O) groups is 1. The van der Waals surface area contributed by atoms with Gasteiger partial charge in [0.1, 0.15) is 16.8 Å². The van der Waals surface area contributed by atoms with E-state index in [-0.39, 0.29) is 16.9 Å². The summed E-state index contributed by atoms with van der Waals surface area (Å²) in [5, 5.41) is 13.9. The Labute approximate surface area is 129 Å². The fourth-order valence-electron chi connectivity index (χ4n) is 2.15. The molecule has 0 aliphatic carbocycles. The highest BCUT2D eigenvalue weighted by molar-refractivity contribution is 6.06. The van der Waals surface area contributed by atoms with E-state index in [1.807, 2.05) is 0 Å². The summed E-state index contributed by atoms with van der Waals surface area (Å²) in [7, 11) is 0. The van der Waals surface area contributed by atoms with Gasteiger partial charge in [-0.3, -0.25) is 14.9 Å². The summed E-state index contributed by atoms with van der Waals surface area (Å²) in [5.74, 6) is -0.765. The number of nitro groups is 1. The number of carbonyl (C=O) groups excluding carboxylic acids is 1. The van der Waals surface area contributed by atoms with E-state index in [0.717, 1.165) is 0 Å². The Kier molecular flexibility index (Phi) is 3.60. The van der Waals surface area contributed by atoms with Crippen LogP contribution in [0.15, 0.2) is 63.8 Å². The van der Waals surface area contributed by atoms with Crippen molar-refractivity contribution in [2.24, 2.45) is 0 Å². The average Bonchev–Trinajstić information content (AvgIpc) is 2.54. The first kappa shape index (κ1) is 14.5. The third kappa shape index (κ3) is 2.80. The third-order valence-electron chi connectivity index (χ3n) is 3.23. The molecule has 0 saturated heterocycles. The Bertz CT molecular complexity index is 977. The third-order valence-corrected chi connectivity index (χ3v) is 3.23. The fraction of sp³-hybridized carbons (Fsp3) is 0. The molecule has 1 N–H and O–H groups in total. The molecule has 0 radical (unpaired) electrons. The van der Waals surface area contributed by atoms with Gasteiger partial charge >= 0.3 is 5.63 Å². The van der Waals surface area contributed by atoms with Gasteiger partial charge in [0.15, 0.2) is 0 Å². The highest BCUT2D eigenvalue weighted by Gasteiger charge is 2.18. The first-order chi connectivity index (χ1) is 11.1. The van der Waals surface area contributed by atoms with Crippen molar-refractivity contribution in [1.82, 2.24) is 0 Å². The van der Waals surface area contributed by atoms with Crippen LogP contribution in [0, 0.1) is 10.1 Å². The Balaban J connectivity index is 2.00. The number of para-hydroxylation sites is 3. The van der Waals surface area contributed by atoms with E-state index in [4.69, 9.17) is 4.42 Å². The van der Waals surface area contributed by atoms with Gasteiger partial charge in [-0.05, 0) is 18.2 Å². The van der Waals surface area contributed by atoms with E-state index < -0.39 is 16.5 Å². The number of hydrogen-bond donors (Lipinski definition) is 1. The van der Waals surface area contributed by atoms with E-state index >= 15 is 0 Å². The quantitative estimate of drug-likeness (QED) is 0.455. The molecule has 1 heterocycles. The van der Waals surface area contributed by atoms with Crippen molar-refractivity contribution >= 4 is 28.3 Å². The van der Waals surface area contributed by atoms with E-state index in [2.05, 4.69) is 5.32 Å². The predicted molar refractivity (Wildman–Crippen MR) is 83.5 cm³/mol. The zero-order valence-electron chi connectivity index (χ0n) is 11.7. The first-order valence-corrected chi connectivity index (χ1v) is 6.64. The van der Waals surface area contributed by atoms with Crippen LogP contribution in [0.1, 0.15) is 10.4 Å². The molecule has 0 unspecified atom stereocenters. The van der Waals surface area contributed by atoms with Crippen molar-refractivity contribution in [1.29, 1.82) is 0 Å². The van der Waals surface area contributed by atoms with Crippen LogP contribution in [-0.4, -0.2) is 10.8 Å². The summed E-state index contributed by atoms with van der Waals surface area (Å²) in [5.41, 5.74) is -0.914. The van der Waals surface area contributed by atoms with Crippen LogP contribution in [0.5, 0.6) is 0 Å². The summed E-state index contributed by atoms with van der Waals surface area (Å²) in [6.07, 6.45) is 0. The minimum absolute atomic E-state index is 0.00931. The summed E-state index contributed by atoms with van der Waals surface area (Å²) < 4.78 is 5.08. The van der Waals surface area contributed by atoms with E-state index in [0.29, 0.717) is 11.0 Å². The molecular weight excluding hydrogens is 300 g/mol. The lowest BCUT2D eigenvalue weighted by Crippen LogP contribution is -2.21. The highest BCUT2D eigenvalue weighted by atomic mass is 16.6. The Morgan fingerprint density at radius 1 is 1.09 bits per heavy atom. The molecule has 0 bridgehead atoms. The zero-order chi connectivity index (χ0) is 16.4. The minimum atomic E-state index is -0.806. The molecule has 0 spiro atoms. The van der Waals surface area contributed by atoms with Crippen LogP contribution in [0.25, 0.3) is 11.0 Å². The number of nitro benzene ring substituents is 1. The second kappa shape index (κ2) is 5.72.